The Morgan fingerprint density at radius 3 is 2.85 bits per heavy atom. The van der Waals surface area contributed by atoms with E-state index in [0.717, 1.165) is 37.4 Å². The number of hydrogen-bond donors (Lipinski definition) is 0. The monoisotopic (exact) mass is 360 g/mol. The summed E-state index contributed by atoms with van der Waals surface area (Å²) in [6.07, 6.45) is 2.60. The van der Waals surface area contributed by atoms with Crippen LogP contribution in [0.5, 0.6) is 0 Å². The minimum Gasteiger partial charge on any atom is -0.381 e. The van der Waals surface area contributed by atoms with Crippen molar-refractivity contribution in [3.05, 3.63) is 28.2 Å². The van der Waals surface area contributed by atoms with Crippen LogP contribution in [-0.2, 0) is 11.2 Å². The fourth-order valence-corrected chi connectivity index (χ4v) is 3.25. The second-order valence-corrected chi connectivity index (χ2v) is 6.17. The maximum Gasteiger partial charge on any atom is 0.139 e. The minimum absolute atomic E-state index is 0.286. The molecule has 1 aliphatic heterocycles. The summed E-state index contributed by atoms with van der Waals surface area (Å²) in [7, 11) is 0. The minimum atomic E-state index is -0.286. The van der Waals surface area contributed by atoms with E-state index in [1.807, 2.05) is 6.07 Å². The number of aryl methyl sites for hydroxylation is 1. The smallest absolute Gasteiger partial charge is 0.139 e. The van der Waals surface area contributed by atoms with E-state index in [1.54, 1.807) is 0 Å². The van der Waals surface area contributed by atoms with Gasteiger partial charge in [-0.15, -0.1) is 11.6 Å². The lowest BCUT2D eigenvalue weighted by Crippen LogP contribution is -2.21. The highest BCUT2D eigenvalue weighted by Gasteiger charge is 2.22. The largest absolute Gasteiger partial charge is 0.381 e. The molecular formula is C14H15BrClFN2O. The molecule has 3 nitrogen and oxygen atoms in total. The predicted molar refractivity (Wildman–Crippen MR) is 80.9 cm³/mol. The van der Waals surface area contributed by atoms with Crippen molar-refractivity contribution in [3.8, 4) is 0 Å². The van der Waals surface area contributed by atoms with Gasteiger partial charge in [0.2, 0.25) is 0 Å². The second kappa shape index (κ2) is 6.00. The molecule has 1 fully saturated rings. The number of rotatable bonds is 3. The molecule has 0 aliphatic carbocycles. The first-order chi connectivity index (χ1) is 9.70. The zero-order valence-corrected chi connectivity index (χ0v) is 13.3. The Morgan fingerprint density at radius 2 is 2.15 bits per heavy atom. The van der Waals surface area contributed by atoms with Gasteiger partial charge >= 0.3 is 0 Å². The summed E-state index contributed by atoms with van der Waals surface area (Å²) < 4.78 is 21.8. The Bertz CT molecular complexity index is 625. The van der Waals surface area contributed by atoms with Gasteiger partial charge in [0.15, 0.2) is 0 Å². The lowest BCUT2D eigenvalue weighted by Gasteiger charge is -2.25. The molecule has 0 N–H and O–H groups in total. The molecule has 0 spiro atoms. The van der Waals surface area contributed by atoms with Gasteiger partial charge < -0.3 is 9.30 Å². The maximum absolute atomic E-state index is 13.7. The Kier molecular flexibility index (Phi) is 4.29. The topological polar surface area (TPSA) is 27.1 Å². The van der Waals surface area contributed by atoms with Gasteiger partial charge in [-0.3, -0.25) is 0 Å². The molecule has 0 bridgehead atoms. The van der Waals surface area contributed by atoms with E-state index in [0.29, 0.717) is 28.3 Å². The van der Waals surface area contributed by atoms with Crippen molar-refractivity contribution < 1.29 is 9.13 Å². The highest BCUT2D eigenvalue weighted by molar-refractivity contribution is 9.10. The van der Waals surface area contributed by atoms with Gasteiger partial charge in [0.05, 0.1) is 15.5 Å². The Labute approximate surface area is 130 Å². The van der Waals surface area contributed by atoms with Crippen LogP contribution in [0.1, 0.15) is 24.7 Å². The lowest BCUT2D eigenvalue weighted by molar-refractivity contribution is 0.0699. The van der Waals surface area contributed by atoms with E-state index in [1.165, 1.54) is 6.07 Å². The standard InChI is InChI=1S/C14H15BrClFN2O/c15-10-7-13-12(8-11(10)17)18-14(1-4-16)19(13)9-2-5-20-6-3-9/h7-9H,1-6H2. The zero-order chi connectivity index (χ0) is 14.1. The molecule has 2 aromatic rings. The van der Waals surface area contributed by atoms with Crippen molar-refractivity contribution in [2.24, 2.45) is 0 Å². The Hall–Kier alpha value is -0.650. The number of halogens is 3. The molecule has 1 aromatic carbocycles. The predicted octanol–water partition coefficient (Wildman–Crippen LogP) is 4.07. The fraction of sp³-hybridized carbons (Fsp3) is 0.500. The van der Waals surface area contributed by atoms with Crippen LogP contribution in [0, 0.1) is 5.82 Å². The third kappa shape index (κ3) is 2.59. The van der Waals surface area contributed by atoms with Gasteiger partial charge in [0.25, 0.3) is 0 Å². The van der Waals surface area contributed by atoms with E-state index in [-0.39, 0.29) is 5.82 Å². The molecule has 0 unspecified atom stereocenters. The van der Waals surface area contributed by atoms with Crippen molar-refractivity contribution in [3.63, 3.8) is 0 Å². The SMILES string of the molecule is Fc1cc2nc(CCCl)n(C3CCOCC3)c2cc1Br. The van der Waals surface area contributed by atoms with Gasteiger partial charge in [-0.05, 0) is 34.8 Å². The number of nitrogens with zero attached hydrogens (tertiary/aromatic N) is 2. The number of imidazole rings is 1. The summed E-state index contributed by atoms with van der Waals surface area (Å²) in [5.74, 6) is 1.15. The first kappa shape index (κ1) is 14.3. The molecule has 0 saturated carbocycles. The van der Waals surface area contributed by atoms with Crippen molar-refractivity contribution in [1.29, 1.82) is 0 Å². The number of ether oxygens (including phenoxy) is 1. The van der Waals surface area contributed by atoms with Crippen LogP contribution in [0.25, 0.3) is 11.0 Å². The van der Waals surface area contributed by atoms with Crippen LogP contribution in [0.3, 0.4) is 0 Å². The van der Waals surface area contributed by atoms with E-state index in [9.17, 15) is 4.39 Å². The van der Waals surface area contributed by atoms with Crippen molar-refractivity contribution in [2.45, 2.75) is 25.3 Å². The summed E-state index contributed by atoms with van der Waals surface area (Å²) in [5.41, 5.74) is 1.66. The van der Waals surface area contributed by atoms with Crippen molar-refractivity contribution >= 4 is 38.6 Å². The molecule has 1 saturated heterocycles. The van der Waals surface area contributed by atoms with Gasteiger partial charge in [-0.1, -0.05) is 0 Å². The van der Waals surface area contributed by atoms with Crippen LogP contribution >= 0.6 is 27.5 Å². The summed E-state index contributed by atoms with van der Waals surface area (Å²) in [5, 5.41) is 0. The molecule has 3 rings (SSSR count). The second-order valence-electron chi connectivity index (χ2n) is 4.94. The summed E-state index contributed by atoms with van der Waals surface area (Å²) in [6, 6.07) is 3.64. The summed E-state index contributed by atoms with van der Waals surface area (Å²) >= 11 is 9.13. The molecule has 1 aromatic heterocycles. The van der Waals surface area contributed by atoms with Crippen LogP contribution in [-0.4, -0.2) is 28.6 Å². The van der Waals surface area contributed by atoms with Crippen LogP contribution in [0.2, 0.25) is 0 Å². The fourth-order valence-electron chi connectivity index (χ4n) is 2.75. The molecular weight excluding hydrogens is 347 g/mol. The van der Waals surface area contributed by atoms with E-state index in [2.05, 4.69) is 25.5 Å². The van der Waals surface area contributed by atoms with Crippen LogP contribution in [0.15, 0.2) is 16.6 Å². The molecule has 6 heteroatoms. The van der Waals surface area contributed by atoms with E-state index >= 15 is 0 Å². The molecule has 0 amide bonds. The molecule has 2 heterocycles. The number of alkyl halides is 1. The molecule has 20 heavy (non-hydrogen) atoms. The average molecular weight is 362 g/mol. The summed E-state index contributed by atoms with van der Waals surface area (Å²) in [6.45, 7) is 1.51. The Balaban J connectivity index is 2.14. The van der Waals surface area contributed by atoms with Crippen molar-refractivity contribution in [2.75, 3.05) is 19.1 Å². The number of benzene rings is 1. The van der Waals surface area contributed by atoms with Gasteiger partial charge in [-0.25, -0.2) is 9.37 Å². The van der Waals surface area contributed by atoms with E-state index in [4.69, 9.17) is 16.3 Å². The third-order valence-electron chi connectivity index (χ3n) is 3.68. The molecule has 0 radical (unpaired) electrons. The third-order valence-corrected chi connectivity index (χ3v) is 4.48. The van der Waals surface area contributed by atoms with E-state index < -0.39 is 0 Å². The maximum atomic E-state index is 13.7. The number of hydrogen-bond acceptors (Lipinski definition) is 2. The summed E-state index contributed by atoms with van der Waals surface area (Å²) in [4.78, 5) is 4.56. The first-order valence-electron chi connectivity index (χ1n) is 6.70. The quantitative estimate of drug-likeness (QED) is 0.771. The highest BCUT2D eigenvalue weighted by atomic mass is 79.9. The first-order valence-corrected chi connectivity index (χ1v) is 8.03. The molecule has 108 valence electrons. The zero-order valence-electron chi connectivity index (χ0n) is 10.9. The molecule has 0 atom stereocenters. The van der Waals surface area contributed by atoms with Crippen molar-refractivity contribution in [1.82, 2.24) is 9.55 Å². The lowest BCUT2D eigenvalue weighted by atomic mass is 10.1. The van der Waals surface area contributed by atoms with Crippen LogP contribution < -0.4 is 0 Å². The van der Waals surface area contributed by atoms with Gasteiger partial charge in [0, 0.05) is 37.6 Å². The average Bonchev–Trinajstić information content (AvgIpc) is 2.78. The number of fused-ring (bicyclic) bond motifs is 1. The molecule has 1 aliphatic rings. The van der Waals surface area contributed by atoms with Gasteiger partial charge in [0.1, 0.15) is 11.6 Å². The Morgan fingerprint density at radius 1 is 1.40 bits per heavy atom. The van der Waals surface area contributed by atoms with Gasteiger partial charge in [-0.2, -0.15) is 0 Å². The number of aromatic nitrogens is 2. The normalized spacial score (nSPS) is 16.9. The van der Waals surface area contributed by atoms with Crippen LogP contribution in [0.4, 0.5) is 4.39 Å². The highest BCUT2D eigenvalue weighted by Crippen LogP contribution is 2.31.